The lowest BCUT2D eigenvalue weighted by molar-refractivity contribution is 0.587. The van der Waals surface area contributed by atoms with Gasteiger partial charge >= 0.3 is 0 Å². The summed E-state index contributed by atoms with van der Waals surface area (Å²) in [5.41, 5.74) is 7.79. The van der Waals surface area contributed by atoms with Crippen LogP contribution in [-0.4, -0.2) is 34.9 Å². The summed E-state index contributed by atoms with van der Waals surface area (Å²) >= 11 is 0. The number of benzene rings is 1. The summed E-state index contributed by atoms with van der Waals surface area (Å²) in [6, 6.07) is 7.23. The average molecular weight is 436 g/mol. The average Bonchev–Trinajstić information content (AvgIpc) is 3.24. The molecule has 0 saturated carbocycles. The van der Waals surface area contributed by atoms with Crippen LogP contribution >= 0.6 is 0 Å². The molecule has 32 heavy (non-hydrogen) atoms. The van der Waals surface area contributed by atoms with E-state index in [1.807, 2.05) is 20.8 Å². The first-order valence-corrected chi connectivity index (χ1v) is 10.2. The molecule has 0 aliphatic heterocycles. The molecule has 2 N–H and O–H groups in total. The minimum Gasteiger partial charge on any atom is -0.366 e. The van der Waals surface area contributed by atoms with Gasteiger partial charge in [-0.15, -0.1) is 5.10 Å². The third-order valence-electron chi connectivity index (χ3n) is 5.45. The minimum absolute atomic E-state index is 0.0907. The van der Waals surface area contributed by atoms with E-state index < -0.39 is 11.6 Å². The quantitative estimate of drug-likeness (QED) is 0.486. The molecule has 0 radical (unpaired) electrons. The fourth-order valence-electron chi connectivity index (χ4n) is 3.46. The van der Waals surface area contributed by atoms with Crippen LogP contribution in [0.3, 0.4) is 0 Å². The first-order valence-electron chi connectivity index (χ1n) is 10.2. The lowest BCUT2D eigenvalue weighted by Gasteiger charge is -2.19. The monoisotopic (exact) mass is 436 g/mol. The second-order valence-corrected chi connectivity index (χ2v) is 7.53. The molecule has 0 spiro atoms. The van der Waals surface area contributed by atoms with E-state index in [1.54, 1.807) is 18.3 Å². The summed E-state index contributed by atoms with van der Waals surface area (Å²) in [5, 5.41) is 12.6. The number of halogens is 2. The van der Waals surface area contributed by atoms with Crippen LogP contribution in [0, 0.1) is 11.6 Å². The smallest absolute Gasteiger partial charge is 0.252 e. The Labute approximate surface area is 183 Å². The van der Waals surface area contributed by atoms with Crippen molar-refractivity contribution in [2.75, 3.05) is 5.73 Å². The molecule has 0 saturated heterocycles. The first kappa shape index (κ1) is 21.4. The van der Waals surface area contributed by atoms with Crippen LogP contribution in [0.25, 0.3) is 17.2 Å². The Kier molecular flexibility index (Phi) is 5.85. The Morgan fingerprint density at radius 2 is 1.81 bits per heavy atom. The minimum atomic E-state index is -0.678. The van der Waals surface area contributed by atoms with Crippen molar-refractivity contribution in [3.8, 4) is 17.2 Å². The summed E-state index contributed by atoms with van der Waals surface area (Å²) in [5.74, 6) is -1.08. The van der Waals surface area contributed by atoms with Crippen molar-refractivity contribution < 1.29 is 8.78 Å². The lowest BCUT2D eigenvalue weighted by atomic mass is 9.89. The molecule has 4 rings (SSSR count). The maximum atomic E-state index is 14.3. The number of hydrogen-bond donors (Lipinski definition) is 1. The molecule has 1 aromatic carbocycles. The SMILES string of the molecule is CC[C@@H](C)c1cc(-c2c(F)cccc2F)nnc1C(C)c1ccnc(-n2cnc(N)n2)n1. The molecule has 1 unspecified atom stereocenters. The molecule has 4 aromatic rings. The standard InChI is InChI=1S/C22H22F2N8/c1-4-12(2)14-10-18(19-15(23)6-5-7-16(19)24)29-30-20(14)13(3)17-8-9-26-22(28-17)32-11-27-21(25)31-32/h5-13H,4H2,1-3H3,(H2,25,31)/t12-,13?/m1/s1. The van der Waals surface area contributed by atoms with Gasteiger partial charge in [0.05, 0.1) is 22.6 Å². The van der Waals surface area contributed by atoms with Gasteiger partial charge < -0.3 is 5.73 Å². The number of anilines is 1. The number of nitrogens with two attached hydrogens (primary N) is 1. The van der Waals surface area contributed by atoms with Crippen LogP contribution < -0.4 is 5.73 Å². The second-order valence-electron chi connectivity index (χ2n) is 7.53. The van der Waals surface area contributed by atoms with Gasteiger partial charge in [-0.05, 0) is 42.2 Å². The van der Waals surface area contributed by atoms with Crippen LogP contribution in [0.4, 0.5) is 14.7 Å². The second kappa shape index (κ2) is 8.74. The highest BCUT2D eigenvalue weighted by Crippen LogP contribution is 2.33. The van der Waals surface area contributed by atoms with Crippen LogP contribution in [0.1, 0.15) is 56.0 Å². The van der Waals surface area contributed by atoms with Crippen LogP contribution in [0.5, 0.6) is 0 Å². The van der Waals surface area contributed by atoms with Gasteiger partial charge in [-0.25, -0.2) is 23.7 Å². The molecular formula is C22H22F2N8. The van der Waals surface area contributed by atoms with Gasteiger partial charge in [0, 0.05) is 12.1 Å². The zero-order valence-electron chi connectivity index (χ0n) is 17.9. The number of hydrogen-bond acceptors (Lipinski definition) is 7. The van der Waals surface area contributed by atoms with E-state index in [9.17, 15) is 8.78 Å². The highest BCUT2D eigenvalue weighted by atomic mass is 19.1. The molecular weight excluding hydrogens is 414 g/mol. The van der Waals surface area contributed by atoms with E-state index in [2.05, 4.69) is 30.2 Å². The zero-order valence-corrected chi connectivity index (χ0v) is 17.9. The molecule has 0 amide bonds. The normalized spacial score (nSPS) is 13.2. The third kappa shape index (κ3) is 4.03. The van der Waals surface area contributed by atoms with Crippen LogP contribution in [0.2, 0.25) is 0 Å². The van der Waals surface area contributed by atoms with Gasteiger partial charge in [0.1, 0.15) is 18.0 Å². The molecule has 0 bridgehead atoms. The van der Waals surface area contributed by atoms with Crippen LogP contribution in [-0.2, 0) is 0 Å². The van der Waals surface area contributed by atoms with E-state index in [-0.39, 0.29) is 29.0 Å². The Morgan fingerprint density at radius 3 is 2.47 bits per heavy atom. The molecule has 0 aliphatic rings. The summed E-state index contributed by atoms with van der Waals surface area (Å²) < 4.78 is 30.1. The Balaban J connectivity index is 1.78. The molecule has 3 aromatic heterocycles. The Morgan fingerprint density at radius 1 is 1.06 bits per heavy atom. The van der Waals surface area contributed by atoms with E-state index in [0.29, 0.717) is 17.3 Å². The van der Waals surface area contributed by atoms with Gasteiger partial charge in [-0.3, -0.25) is 0 Å². The molecule has 0 fully saturated rings. The van der Waals surface area contributed by atoms with E-state index in [4.69, 9.17) is 5.73 Å². The van der Waals surface area contributed by atoms with Gasteiger partial charge in [0.15, 0.2) is 0 Å². The summed E-state index contributed by atoms with van der Waals surface area (Å²) in [7, 11) is 0. The van der Waals surface area contributed by atoms with Gasteiger partial charge in [-0.1, -0.05) is 26.8 Å². The number of nitrogens with zero attached hydrogens (tertiary/aromatic N) is 7. The van der Waals surface area contributed by atoms with Gasteiger partial charge in [0.25, 0.3) is 5.95 Å². The number of rotatable bonds is 6. The summed E-state index contributed by atoms with van der Waals surface area (Å²) in [4.78, 5) is 12.7. The maximum Gasteiger partial charge on any atom is 0.252 e. The molecule has 10 heteroatoms. The van der Waals surface area contributed by atoms with E-state index >= 15 is 0 Å². The molecule has 3 heterocycles. The predicted octanol–water partition coefficient (Wildman–Crippen LogP) is 4.04. The summed E-state index contributed by atoms with van der Waals surface area (Å²) in [6.45, 7) is 6.03. The van der Waals surface area contributed by atoms with Crippen LogP contribution in [0.15, 0.2) is 42.9 Å². The van der Waals surface area contributed by atoms with E-state index in [1.165, 1.54) is 29.2 Å². The third-order valence-corrected chi connectivity index (χ3v) is 5.45. The lowest BCUT2D eigenvalue weighted by Crippen LogP contribution is -2.12. The fraction of sp³-hybridized carbons (Fsp3) is 0.273. The Hall–Kier alpha value is -3.82. The van der Waals surface area contributed by atoms with Crippen molar-refractivity contribution in [2.45, 2.75) is 39.0 Å². The fourth-order valence-corrected chi connectivity index (χ4v) is 3.46. The van der Waals surface area contributed by atoms with Crippen molar-refractivity contribution in [1.29, 1.82) is 0 Å². The largest absolute Gasteiger partial charge is 0.366 e. The topological polar surface area (TPSA) is 108 Å². The zero-order chi connectivity index (χ0) is 22.8. The van der Waals surface area contributed by atoms with E-state index in [0.717, 1.165) is 12.0 Å². The molecule has 8 nitrogen and oxygen atoms in total. The van der Waals surface area contributed by atoms with Gasteiger partial charge in [-0.2, -0.15) is 14.9 Å². The van der Waals surface area contributed by atoms with Gasteiger partial charge in [0.2, 0.25) is 5.95 Å². The first-order chi connectivity index (χ1) is 15.4. The molecule has 2 atom stereocenters. The van der Waals surface area contributed by atoms with Crippen molar-refractivity contribution in [3.05, 3.63) is 71.4 Å². The summed E-state index contributed by atoms with van der Waals surface area (Å²) in [6.07, 6.45) is 3.87. The maximum absolute atomic E-state index is 14.3. The predicted molar refractivity (Wildman–Crippen MR) is 115 cm³/mol. The molecule has 0 aliphatic carbocycles. The number of aromatic nitrogens is 7. The van der Waals surface area contributed by atoms with Crippen molar-refractivity contribution in [3.63, 3.8) is 0 Å². The van der Waals surface area contributed by atoms with Crippen molar-refractivity contribution in [1.82, 2.24) is 34.9 Å². The molecule has 164 valence electrons. The van der Waals surface area contributed by atoms with Crippen molar-refractivity contribution in [2.24, 2.45) is 0 Å². The van der Waals surface area contributed by atoms with Crippen molar-refractivity contribution >= 4 is 5.95 Å². The highest BCUT2D eigenvalue weighted by molar-refractivity contribution is 5.61. The Bertz CT molecular complexity index is 1240. The number of nitrogen functional groups attached to an aromatic ring is 1. The highest BCUT2D eigenvalue weighted by Gasteiger charge is 2.23.